The Balaban J connectivity index is 2.02. The minimum absolute atomic E-state index is 0.0390. The van der Waals surface area contributed by atoms with Crippen LogP contribution in [0, 0.1) is 22.0 Å². The summed E-state index contributed by atoms with van der Waals surface area (Å²) in [6, 6.07) is 1.52. The normalized spacial score (nSPS) is 27.4. The number of sulfonamides is 1. The summed E-state index contributed by atoms with van der Waals surface area (Å²) in [5.41, 5.74) is 3.60. The fourth-order valence-corrected chi connectivity index (χ4v) is 5.41. The summed E-state index contributed by atoms with van der Waals surface area (Å²) in [5, 5.41) is 10.7. The molecule has 7 nitrogen and oxygen atoms in total. The molecule has 0 spiro atoms. The number of non-ortho nitro benzene ring substituents is 1. The monoisotopic (exact) mass is 379 g/mol. The number of nitro groups is 1. The molecule has 25 heavy (non-hydrogen) atoms. The van der Waals surface area contributed by atoms with Crippen LogP contribution in [0.25, 0.3) is 0 Å². The van der Waals surface area contributed by atoms with E-state index in [2.05, 4.69) is 0 Å². The Labute approximate surface area is 141 Å². The summed E-state index contributed by atoms with van der Waals surface area (Å²) in [6.07, 6.45) is -3.51. The zero-order valence-electron chi connectivity index (χ0n) is 12.9. The number of nitrogens with two attached hydrogens (primary N) is 1. The van der Waals surface area contributed by atoms with Gasteiger partial charge in [-0.05, 0) is 30.7 Å². The fourth-order valence-electron chi connectivity index (χ4n) is 3.68. The van der Waals surface area contributed by atoms with Gasteiger partial charge in [-0.15, -0.1) is 0 Å². The van der Waals surface area contributed by atoms with Gasteiger partial charge in [-0.2, -0.15) is 17.5 Å². The van der Waals surface area contributed by atoms with Crippen LogP contribution in [0.1, 0.15) is 18.4 Å². The Hall–Kier alpha value is -1.72. The maximum absolute atomic E-state index is 13.3. The lowest BCUT2D eigenvalue weighted by Gasteiger charge is -2.21. The van der Waals surface area contributed by atoms with E-state index in [1.807, 2.05) is 0 Å². The van der Waals surface area contributed by atoms with Gasteiger partial charge in [-0.1, -0.05) is 0 Å². The summed E-state index contributed by atoms with van der Waals surface area (Å²) in [5.74, 6) is -0.0284. The molecule has 3 unspecified atom stereocenters. The number of nitro benzene ring substituents is 1. The number of fused-ring (bicyclic) bond motifs is 1. The van der Waals surface area contributed by atoms with Crippen LogP contribution in [0.3, 0.4) is 0 Å². The summed E-state index contributed by atoms with van der Waals surface area (Å²) in [6.45, 7) is 0.192. The number of alkyl halides is 3. The van der Waals surface area contributed by atoms with Gasteiger partial charge in [0.1, 0.15) is 0 Å². The Kier molecular flexibility index (Phi) is 4.28. The molecule has 1 aliphatic carbocycles. The van der Waals surface area contributed by atoms with Crippen molar-refractivity contribution in [2.45, 2.75) is 30.0 Å². The second-order valence-corrected chi connectivity index (χ2v) is 8.33. The Morgan fingerprint density at radius 3 is 2.48 bits per heavy atom. The second-order valence-electron chi connectivity index (χ2n) is 6.42. The van der Waals surface area contributed by atoms with Crippen LogP contribution in [-0.2, 0) is 16.2 Å². The van der Waals surface area contributed by atoms with Crippen molar-refractivity contribution in [3.8, 4) is 0 Å². The van der Waals surface area contributed by atoms with Gasteiger partial charge >= 0.3 is 6.18 Å². The molecule has 1 saturated heterocycles. The number of hydrogen-bond donors (Lipinski definition) is 1. The SMILES string of the molecule is NC1CCC2CN(S(=O)(=O)c3ccc([N+](=O)[O-])cc3C(F)(F)F)CC12. The second kappa shape index (κ2) is 5.92. The van der Waals surface area contributed by atoms with Crippen molar-refractivity contribution in [3.05, 3.63) is 33.9 Å². The highest BCUT2D eigenvalue weighted by Crippen LogP contribution is 2.42. The first-order chi connectivity index (χ1) is 11.5. The van der Waals surface area contributed by atoms with Crippen molar-refractivity contribution in [1.29, 1.82) is 0 Å². The van der Waals surface area contributed by atoms with Gasteiger partial charge in [0, 0.05) is 31.3 Å². The molecule has 3 atom stereocenters. The van der Waals surface area contributed by atoms with Crippen LogP contribution < -0.4 is 5.73 Å². The topological polar surface area (TPSA) is 107 Å². The number of halogens is 3. The zero-order valence-corrected chi connectivity index (χ0v) is 13.8. The largest absolute Gasteiger partial charge is 0.417 e. The summed E-state index contributed by atoms with van der Waals surface area (Å²) in [7, 11) is -4.43. The molecule has 2 N–H and O–H groups in total. The van der Waals surface area contributed by atoms with Gasteiger partial charge in [0.2, 0.25) is 10.0 Å². The van der Waals surface area contributed by atoms with Crippen molar-refractivity contribution in [2.75, 3.05) is 13.1 Å². The summed E-state index contributed by atoms with van der Waals surface area (Å²) < 4.78 is 66.3. The highest BCUT2D eigenvalue weighted by Gasteiger charge is 2.47. The lowest BCUT2D eigenvalue weighted by Crippen LogP contribution is -2.34. The van der Waals surface area contributed by atoms with E-state index in [-0.39, 0.29) is 37.0 Å². The van der Waals surface area contributed by atoms with Crippen LogP contribution >= 0.6 is 0 Å². The fraction of sp³-hybridized carbons (Fsp3) is 0.571. The van der Waals surface area contributed by atoms with Gasteiger partial charge in [0.05, 0.1) is 15.4 Å². The molecule has 0 amide bonds. The Morgan fingerprint density at radius 2 is 1.92 bits per heavy atom. The molecule has 1 heterocycles. The molecule has 11 heteroatoms. The smallest absolute Gasteiger partial charge is 0.327 e. The Morgan fingerprint density at radius 1 is 1.24 bits per heavy atom. The third-order valence-electron chi connectivity index (χ3n) is 4.98. The van der Waals surface area contributed by atoms with E-state index in [0.717, 1.165) is 23.2 Å². The standard InChI is InChI=1S/C14H16F3N3O4S/c15-14(16,17)11-5-9(20(21)22)2-4-13(11)25(23,24)19-6-8-1-3-12(18)10(8)7-19/h2,4-5,8,10,12H,1,3,6-7,18H2. The van der Waals surface area contributed by atoms with Crippen LogP contribution in [0.5, 0.6) is 0 Å². The van der Waals surface area contributed by atoms with E-state index in [1.165, 1.54) is 0 Å². The van der Waals surface area contributed by atoms with Crippen LogP contribution in [0.4, 0.5) is 18.9 Å². The summed E-state index contributed by atoms with van der Waals surface area (Å²) >= 11 is 0. The van der Waals surface area contributed by atoms with E-state index in [0.29, 0.717) is 6.07 Å². The molecule has 1 aromatic rings. The number of nitrogens with zero attached hydrogens (tertiary/aromatic N) is 2. The number of rotatable bonds is 3. The first-order valence-corrected chi connectivity index (χ1v) is 9.07. The van der Waals surface area contributed by atoms with Crippen molar-refractivity contribution < 1.29 is 26.5 Å². The average Bonchev–Trinajstić information content (AvgIpc) is 3.09. The molecule has 2 aliphatic rings. The molecule has 0 aromatic heterocycles. The quantitative estimate of drug-likeness (QED) is 0.638. The van der Waals surface area contributed by atoms with Gasteiger partial charge in [-0.25, -0.2) is 8.42 Å². The first kappa shape index (κ1) is 18.1. The van der Waals surface area contributed by atoms with Gasteiger partial charge < -0.3 is 5.73 Å². The molecule has 3 rings (SSSR count). The highest BCUT2D eigenvalue weighted by molar-refractivity contribution is 7.89. The predicted octanol–water partition coefficient (Wildman–Crippen LogP) is 1.97. The minimum Gasteiger partial charge on any atom is -0.327 e. The lowest BCUT2D eigenvalue weighted by molar-refractivity contribution is -0.385. The molecular weight excluding hydrogens is 363 g/mol. The molecule has 2 fully saturated rings. The van der Waals surface area contributed by atoms with Gasteiger partial charge in [0.15, 0.2) is 0 Å². The molecular formula is C14H16F3N3O4S. The lowest BCUT2D eigenvalue weighted by atomic mass is 9.98. The number of hydrogen-bond acceptors (Lipinski definition) is 5. The maximum Gasteiger partial charge on any atom is 0.417 e. The molecule has 1 aliphatic heterocycles. The predicted molar refractivity (Wildman–Crippen MR) is 81.0 cm³/mol. The van der Waals surface area contributed by atoms with E-state index in [9.17, 15) is 31.7 Å². The maximum atomic E-state index is 13.3. The van der Waals surface area contributed by atoms with Crippen LogP contribution in [0.2, 0.25) is 0 Å². The van der Waals surface area contributed by atoms with Crippen LogP contribution in [-0.4, -0.2) is 36.8 Å². The third-order valence-corrected chi connectivity index (χ3v) is 6.87. The van der Waals surface area contributed by atoms with Gasteiger partial charge in [0.25, 0.3) is 5.69 Å². The van der Waals surface area contributed by atoms with Crippen molar-refractivity contribution in [2.24, 2.45) is 17.6 Å². The average molecular weight is 379 g/mol. The summed E-state index contributed by atoms with van der Waals surface area (Å²) in [4.78, 5) is 8.78. The van der Waals surface area contributed by atoms with E-state index >= 15 is 0 Å². The van der Waals surface area contributed by atoms with E-state index < -0.39 is 37.3 Å². The van der Waals surface area contributed by atoms with E-state index in [4.69, 9.17) is 5.73 Å². The Bertz CT molecular complexity index is 812. The highest BCUT2D eigenvalue weighted by atomic mass is 32.2. The molecule has 0 radical (unpaired) electrons. The molecule has 1 saturated carbocycles. The first-order valence-electron chi connectivity index (χ1n) is 7.63. The number of benzene rings is 1. The van der Waals surface area contributed by atoms with Crippen molar-refractivity contribution in [3.63, 3.8) is 0 Å². The van der Waals surface area contributed by atoms with Crippen molar-refractivity contribution >= 4 is 15.7 Å². The van der Waals surface area contributed by atoms with Crippen LogP contribution in [0.15, 0.2) is 23.1 Å². The van der Waals surface area contributed by atoms with Gasteiger partial charge in [-0.3, -0.25) is 10.1 Å². The molecule has 138 valence electrons. The van der Waals surface area contributed by atoms with Crippen molar-refractivity contribution in [1.82, 2.24) is 4.31 Å². The van der Waals surface area contributed by atoms with E-state index in [1.54, 1.807) is 0 Å². The molecule has 0 bridgehead atoms. The molecule has 1 aromatic carbocycles. The third kappa shape index (κ3) is 3.11. The minimum atomic E-state index is -5.03. The zero-order chi connectivity index (χ0) is 18.6.